The Morgan fingerprint density at radius 3 is 2.48 bits per heavy atom. The summed E-state index contributed by atoms with van der Waals surface area (Å²) < 4.78 is 65.7. The Kier molecular flexibility index (Phi) is 7.34. The average molecular weight is 757 g/mol. The smallest absolute Gasteiger partial charge is 0.133 e. The zero-order valence-corrected chi connectivity index (χ0v) is 27.5. The summed E-state index contributed by atoms with van der Waals surface area (Å²) >= 11 is 0. The van der Waals surface area contributed by atoms with Crippen LogP contribution < -0.4 is 5.19 Å². The van der Waals surface area contributed by atoms with Crippen molar-refractivity contribution in [1.29, 1.82) is 0 Å². The van der Waals surface area contributed by atoms with Crippen LogP contribution in [0, 0.1) is 31.7 Å². The summed E-state index contributed by atoms with van der Waals surface area (Å²) in [5, 5.41) is 2.08. The summed E-state index contributed by atoms with van der Waals surface area (Å²) in [6.45, 7) is 6.11. The second-order valence-electron chi connectivity index (χ2n) is 11.3. The van der Waals surface area contributed by atoms with Crippen molar-refractivity contribution >= 4 is 35.2 Å². The molecule has 6 heteroatoms. The molecule has 0 saturated heterocycles. The van der Waals surface area contributed by atoms with Crippen LogP contribution in [0.15, 0.2) is 83.5 Å². The van der Waals surface area contributed by atoms with Gasteiger partial charge in [-0.2, -0.15) is 0 Å². The van der Waals surface area contributed by atoms with Gasteiger partial charge in [0.15, 0.2) is 0 Å². The molecule has 3 aromatic heterocycles. The van der Waals surface area contributed by atoms with E-state index in [1.165, 1.54) is 23.8 Å². The number of pyridine rings is 2. The minimum absolute atomic E-state index is 0. The fourth-order valence-electron chi connectivity index (χ4n) is 4.67. The van der Waals surface area contributed by atoms with E-state index >= 15 is 0 Å². The second-order valence-corrected chi connectivity index (χ2v) is 16.3. The van der Waals surface area contributed by atoms with Crippen molar-refractivity contribution in [3.8, 4) is 22.5 Å². The molecule has 0 unspecified atom stereocenters. The van der Waals surface area contributed by atoms with Crippen LogP contribution in [0.25, 0.3) is 44.5 Å². The molecular formula is C36H35FIrN2OSi-2. The summed E-state index contributed by atoms with van der Waals surface area (Å²) in [7, 11) is -1.85. The van der Waals surface area contributed by atoms with Gasteiger partial charge in [0.2, 0.25) is 0 Å². The number of aryl methyl sites for hydroxylation is 2. The first-order valence-corrected chi connectivity index (χ1v) is 17.0. The van der Waals surface area contributed by atoms with Gasteiger partial charge < -0.3 is 14.4 Å². The summed E-state index contributed by atoms with van der Waals surface area (Å²) in [5.41, 5.74) is 5.50. The standard InChI is InChI=1S/C20H15FNO.C16H20NSi.Ir/c1-12(2)13-9-10-22-17(11-13)14-5-3-6-15-19-16(21)7-4-8-18(19)23-20(14)15;1-12-6-8-14(9-7-12)15-10-13(2)16(11-17-15)18(3,4)5;/h3-4,6-12H,1-2H3;6-8,10-11H,1-5H3;/q2*-1;/i;1D3,2D3;. The van der Waals surface area contributed by atoms with E-state index in [-0.39, 0.29) is 31.5 Å². The molecule has 3 nitrogen and oxygen atoms in total. The topological polar surface area (TPSA) is 38.9 Å². The van der Waals surface area contributed by atoms with Gasteiger partial charge in [0, 0.05) is 46.1 Å². The maximum absolute atomic E-state index is 14.2. The van der Waals surface area contributed by atoms with Crippen molar-refractivity contribution in [2.45, 2.75) is 53.1 Å². The van der Waals surface area contributed by atoms with Crippen molar-refractivity contribution in [1.82, 2.24) is 9.97 Å². The maximum Gasteiger partial charge on any atom is 0.133 e. The molecule has 3 aromatic carbocycles. The molecule has 6 aromatic rings. The van der Waals surface area contributed by atoms with E-state index in [9.17, 15) is 4.39 Å². The Balaban J connectivity index is 0.000000212. The normalized spacial score (nSPS) is 14.1. The first-order chi connectivity index (χ1) is 21.9. The van der Waals surface area contributed by atoms with Crippen LogP contribution in [0.1, 0.15) is 44.7 Å². The Morgan fingerprint density at radius 1 is 0.952 bits per heavy atom. The third-order valence-corrected chi connectivity index (χ3v) is 8.93. The first-order valence-electron chi connectivity index (χ1n) is 16.5. The van der Waals surface area contributed by atoms with Gasteiger partial charge in [-0.3, -0.25) is 0 Å². The Labute approximate surface area is 271 Å². The van der Waals surface area contributed by atoms with Gasteiger partial charge in [-0.05, 0) is 47.5 Å². The second kappa shape index (κ2) is 12.8. The van der Waals surface area contributed by atoms with E-state index in [0.29, 0.717) is 39.3 Å². The number of aromatic nitrogens is 2. The molecule has 0 fully saturated rings. The summed E-state index contributed by atoms with van der Waals surface area (Å²) in [6.07, 6.45) is 3.44. The third-order valence-electron chi connectivity index (χ3n) is 6.91. The zero-order valence-electron chi connectivity index (χ0n) is 30.1. The molecule has 0 atom stereocenters. The predicted octanol–water partition coefficient (Wildman–Crippen LogP) is 9.42. The largest absolute Gasteiger partial charge is 0.500 e. The van der Waals surface area contributed by atoms with Crippen LogP contribution in [0.4, 0.5) is 4.39 Å². The quantitative estimate of drug-likeness (QED) is 0.133. The predicted molar refractivity (Wildman–Crippen MR) is 171 cm³/mol. The molecule has 0 amide bonds. The maximum atomic E-state index is 14.2. The van der Waals surface area contributed by atoms with Gasteiger partial charge >= 0.3 is 0 Å². The zero-order chi connectivity index (χ0) is 34.3. The number of furan rings is 1. The molecule has 0 spiro atoms. The van der Waals surface area contributed by atoms with Crippen LogP contribution in [-0.4, -0.2) is 18.0 Å². The molecule has 42 heavy (non-hydrogen) atoms. The summed E-state index contributed by atoms with van der Waals surface area (Å²) in [6, 6.07) is 24.8. The molecule has 0 saturated carbocycles. The molecule has 1 radical (unpaired) electrons. The molecule has 0 aliphatic carbocycles. The van der Waals surface area contributed by atoms with E-state index in [4.69, 9.17) is 12.6 Å². The van der Waals surface area contributed by atoms with Gasteiger partial charge in [0.05, 0.1) is 13.7 Å². The molecule has 0 aliphatic heterocycles. The van der Waals surface area contributed by atoms with Gasteiger partial charge in [-0.25, -0.2) is 4.39 Å². The fraction of sp³-hybridized carbons (Fsp3) is 0.222. The number of hydrogen-bond donors (Lipinski definition) is 0. The Hall–Kier alpha value is -3.44. The molecule has 3 heterocycles. The number of halogens is 1. The first kappa shape index (κ1) is 24.0. The minimum Gasteiger partial charge on any atom is -0.500 e. The molecule has 217 valence electrons. The Morgan fingerprint density at radius 2 is 1.79 bits per heavy atom. The molecule has 6 rings (SSSR count). The number of rotatable bonds is 4. The number of hydrogen-bond acceptors (Lipinski definition) is 3. The van der Waals surface area contributed by atoms with Gasteiger partial charge in [0.25, 0.3) is 0 Å². The number of benzene rings is 3. The van der Waals surface area contributed by atoms with Crippen LogP contribution in [-0.2, 0) is 20.1 Å². The van der Waals surface area contributed by atoms with Crippen molar-refractivity contribution in [2.24, 2.45) is 0 Å². The molecular weight excluding hydrogens is 716 g/mol. The minimum atomic E-state index is -2.22. The Bertz CT molecular complexity index is 2050. The van der Waals surface area contributed by atoms with Crippen LogP contribution in [0.5, 0.6) is 0 Å². The van der Waals surface area contributed by atoms with E-state index in [2.05, 4.69) is 55.6 Å². The van der Waals surface area contributed by atoms with Crippen molar-refractivity contribution in [3.05, 3.63) is 114 Å². The molecule has 0 N–H and O–H groups in total. The monoisotopic (exact) mass is 757 g/mol. The third kappa shape index (κ3) is 6.62. The van der Waals surface area contributed by atoms with Crippen LogP contribution in [0.3, 0.4) is 0 Å². The van der Waals surface area contributed by atoms with Gasteiger partial charge in [-0.1, -0.05) is 80.6 Å². The van der Waals surface area contributed by atoms with Crippen LogP contribution >= 0.6 is 0 Å². The molecule has 0 bridgehead atoms. The fourth-order valence-corrected chi connectivity index (χ4v) is 6.00. The van der Waals surface area contributed by atoms with E-state index in [1.807, 2.05) is 18.2 Å². The number of nitrogens with zero attached hydrogens (tertiary/aromatic N) is 2. The van der Waals surface area contributed by atoms with Crippen molar-refractivity contribution < 1.29 is 37.1 Å². The van der Waals surface area contributed by atoms with Crippen LogP contribution in [0.2, 0.25) is 19.6 Å². The van der Waals surface area contributed by atoms with Gasteiger partial charge in [0.1, 0.15) is 11.4 Å². The molecule has 0 aliphatic rings. The average Bonchev–Trinajstić information content (AvgIpc) is 3.40. The summed E-state index contributed by atoms with van der Waals surface area (Å²) in [5.74, 6) is 0.131. The summed E-state index contributed by atoms with van der Waals surface area (Å²) in [4.78, 5) is 8.84. The SMILES string of the molecule is CC(C)c1ccnc(-c2[c-]ccc3c2oc2cccc(F)c23)c1.[2H]C([2H])([2H])c1c[c-]c(-c2cc(C([2H])([2H])[2H])c([Si](C)(C)C)cn2)cc1.[Ir]. The van der Waals surface area contributed by atoms with Crippen molar-refractivity contribution in [2.75, 3.05) is 0 Å². The van der Waals surface area contributed by atoms with Gasteiger partial charge in [-0.15, -0.1) is 53.6 Å². The van der Waals surface area contributed by atoms with E-state index < -0.39 is 21.8 Å². The van der Waals surface area contributed by atoms with E-state index in [0.717, 1.165) is 21.8 Å². The van der Waals surface area contributed by atoms with E-state index in [1.54, 1.807) is 42.7 Å². The van der Waals surface area contributed by atoms with Crippen molar-refractivity contribution in [3.63, 3.8) is 0 Å². The number of fused-ring (bicyclic) bond motifs is 3.